The second kappa shape index (κ2) is 4.45. The van der Waals surface area contributed by atoms with Gasteiger partial charge in [0.1, 0.15) is 0 Å². The van der Waals surface area contributed by atoms with Crippen LogP contribution in [-0.4, -0.2) is 22.5 Å². The van der Waals surface area contributed by atoms with Crippen LogP contribution in [0.3, 0.4) is 0 Å². The molecule has 0 aromatic carbocycles. The zero-order valence-electron chi connectivity index (χ0n) is 10.6. The highest BCUT2D eigenvalue weighted by molar-refractivity contribution is 4.90. The molecule has 0 unspecified atom stereocenters. The molecule has 0 aliphatic heterocycles. The summed E-state index contributed by atoms with van der Waals surface area (Å²) in [5, 5.41) is 0. The van der Waals surface area contributed by atoms with Crippen LogP contribution >= 0.6 is 0 Å². The fraction of sp³-hybridized carbons (Fsp3) is 1.00. The van der Waals surface area contributed by atoms with Crippen molar-refractivity contribution in [2.45, 2.75) is 72.4 Å². The highest BCUT2D eigenvalue weighted by Gasteiger charge is 2.33. The predicted molar refractivity (Wildman–Crippen MR) is 61.1 cm³/mol. The van der Waals surface area contributed by atoms with Gasteiger partial charge in [-0.05, 0) is 47.1 Å². The third-order valence-corrected chi connectivity index (χ3v) is 3.51. The molecule has 0 atom stereocenters. The second-order valence-electron chi connectivity index (χ2n) is 5.08. The molecule has 0 aliphatic rings. The summed E-state index contributed by atoms with van der Waals surface area (Å²) >= 11 is 0. The van der Waals surface area contributed by atoms with Gasteiger partial charge in [-0.2, -0.15) is 0 Å². The lowest BCUT2D eigenvalue weighted by Gasteiger charge is -2.48. The van der Waals surface area contributed by atoms with Crippen molar-refractivity contribution in [2.75, 3.05) is 6.54 Å². The van der Waals surface area contributed by atoms with E-state index < -0.39 is 0 Å². The van der Waals surface area contributed by atoms with E-state index >= 15 is 0 Å². The van der Waals surface area contributed by atoms with E-state index in [-0.39, 0.29) is 0 Å². The van der Waals surface area contributed by atoms with Crippen LogP contribution in [-0.2, 0) is 0 Å². The van der Waals surface area contributed by atoms with E-state index in [9.17, 15) is 0 Å². The lowest BCUT2D eigenvalue weighted by atomic mass is 9.89. The van der Waals surface area contributed by atoms with Gasteiger partial charge < -0.3 is 0 Å². The molecule has 0 aromatic rings. The average molecular weight is 185 g/mol. The maximum Gasteiger partial charge on any atom is 0.0155 e. The highest BCUT2D eigenvalue weighted by Crippen LogP contribution is 2.29. The zero-order valence-corrected chi connectivity index (χ0v) is 10.6. The van der Waals surface area contributed by atoms with Gasteiger partial charge in [0.2, 0.25) is 0 Å². The zero-order chi connectivity index (χ0) is 10.7. The van der Waals surface area contributed by atoms with Crippen LogP contribution < -0.4 is 0 Å². The van der Waals surface area contributed by atoms with Crippen molar-refractivity contribution in [3.63, 3.8) is 0 Å². The summed E-state index contributed by atoms with van der Waals surface area (Å²) in [6.07, 6.45) is 2.43. The maximum absolute atomic E-state index is 2.61. The molecule has 1 heteroatoms. The summed E-state index contributed by atoms with van der Waals surface area (Å²) in [4.78, 5) is 2.61. The third-order valence-electron chi connectivity index (χ3n) is 3.51. The first-order valence-electron chi connectivity index (χ1n) is 5.59. The molecule has 0 aromatic heterocycles. The Labute approximate surface area is 84.5 Å². The van der Waals surface area contributed by atoms with E-state index in [0.29, 0.717) is 11.1 Å². The number of nitrogens with zero attached hydrogens (tertiary/aromatic N) is 1. The Bertz CT molecular complexity index is 131. The molecule has 0 amide bonds. The van der Waals surface area contributed by atoms with E-state index in [1.54, 1.807) is 0 Å². The van der Waals surface area contributed by atoms with Crippen LogP contribution in [0.25, 0.3) is 0 Å². The number of rotatable bonds is 5. The summed E-state index contributed by atoms with van der Waals surface area (Å²) in [7, 11) is 0. The normalized spacial score (nSPS) is 13.8. The molecule has 0 bridgehead atoms. The van der Waals surface area contributed by atoms with Crippen LogP contribution in [0.4, 0.5) is 0 Å². The molecule has 0 saturated carbocycles. The SMILES string of the molecule is CCN(C(C)(C)CC)C(C)(C)CC. The standard InChI is InChI=1S/C12H27N/c1-8-11(4,5)13(10-3)12(6,7)9-2/h8-10H2,1-7H3. The number of hydrogen-bond acceptors (Lipinski definition) is 1. The molecule has 0 rings (SSSR count). The summed E-state index contributed by atoms with van der Waals surface area (Å²) in [5.41, 5.74) is 0.655. The maximum atomic E-state index is 2.61. The molecular weight excluding hydrogens is 158 g/mol. The van der Waals surface area contributed by atoms with Crippen LogP contribution in [0, 0.1) is 0 Å². The summed E-state index contributed by atoms with van der Waals surface area (Å²) < 4.78 is 0. The Kier molecular flexibility index (Phi) is 4.44. The Balaban J connectivity index is 4.69. The smallest absolute Gasteiger partial charge is 0.0155 e. The Morgan fingerprint density at radius 3 is 1.23 bits per heavy atom. The van der Waals surface area contributed by atoms with Gasteiger partial charge in [-0.15, -0.1) is 0 Å². The first-order chi connectivity index (χ1) is 5.81. The number of hydrogen-bond donors (Lipinski definition) is 0. The predicted octanol–water partition coefficient (Wildman–Crippen LogP) is 3.69. The van der Waals surface area contributed by atoms with E-state index in [1.807, 2.05) is 0 Å². The van der Waals surface area contributed by atoms with Gasteiger partial charge in [0.15, 0.2) is 0 Å². The summed E-state index contributed by atoms with van der Waals surface area (Å²) in [6.45, 7) is 17.3. The lowest BCUT2D eigenvalue weighted by Crippen LogP contribution is -2.54. The van der Waals surface area contributed by atoms with Crippen molar-refractivity contribution in [3.05, 3.63) is 0 Å². The molecule has 13 heavy (non-hydrogen) atoms. The molecule has 1 nitrogen and oxygen atoms in total. The highest BCUT2D eigenvalue weighted by atomic mass is 15.2. The van der Waals surface area contributed by atoms with Crippen molar-refractivity contribution >= 4 is 0 Å². The first-order valence-corrected chi connectivity index (χ1v) is 5.59. The van der Waals surface area contributed by atoms with E-state index in [1.165, 1.54) is 12.8 Å². The van der Waals surface area contributed by atoms with Crippen molar-refractivity contribution in [3.8, 4) is 0 Å². The lowest BCUT2D eigenvalue weighted by molar-refractivity contribution is 0.0166. The quantitative estimate of drug-likeness (QED) is 0.631. The molecular formula is C12H27N. The van der Waals surface area contributed by atoms with Gasteiger partial charge in [0.25, 0.3) is 0 Å². The van der Waals surface area contributed by atoms with Crippen LogP contribution in [0.15, 0.2) is 0 Å². The minimum absolute atomic E-state index is 0.328. The van der Waals surface area contributed by atoms with Crippen LogP contribution in [0.5, 0.6) is 0 Å². The molecule has 80 valence electrons. The summed E-state index contributed by atoms with van der Waals surface area (Å²) in [6, 6.07) is 0. The average Bonchev–Trinajstić information content (AvgIpc) is 2.05. The van der Waals surface area contributed by atoms with E-state index in [2.05, 4.69) is 53.4 Å². The second-order valence-corrected chi connectivity index (χ2v) is 5.08. The van der Waals surface area contributed by atoms with Crippen molar-refractivity contribution in [1.82, 2.24) is 4.90 Å². The molecule has 0 heterocycles. The third kappa shape index (κ3) is 2.98. The van der Waals surface area contributed by atoms with E-state index in [0.717, 1.165) is 6.54 Å². The molecule has 0 saturated heterocycles. The fourth-order valence-electron chi connectivity index (χ4n) is 2.06. The largest absolute Gasteiger partial charge is 0.293 e. The van der Waals surface area contributed by atoms with E-state index in [4.69, 9.17) is 0 Å². The molecule has 0 N–H and O–H groups in total. The van der Waals surface area contributed by atoms with Crippen molar-refractivity contribution in [2.24, 2.45) is 0 Å². The van der Waals surface area contributed by atoms with Crippen LogP contribution in [0.2, 0.25) is 0 Å². The Morgan fingerprint density at radius 1 is 0.769 bits per heavy atom. The van der Waals surface area contributed by atoms with Gasteiger partial charge in [0.05, 0.1) is 0 Å². The van der Waals surface area contributed by atoms with Gasteiger partial charge in [-0.1, -0.05) is 20.8 Å². The fourth-order valence-corrected chi connectivity index (χ4v) is 2.06. The van der Waals surface area contributed by atoms with Gasteiger partial charge in [-0.25, -0.2) is 0 Å². The van der Waals surface area contributed by atoms with Crippen molar-refractivity contribution in [1.29, 1.82) is 0 Å². The van der Waals surface area contributed by atoms with Crippen LogP contribution in [0.1, 0.15) is 61.3 Å². The summed E-state index contributed by atoms with van der Waals surface area (Å²) in [5.74, 6) is 0. The van der Waals surface area contributed by atoms with Gasteiger partial charge in [-0.3, -0.25) is 4.90 Å². The molecule has 0 aliphatic carbocycles. The molecule has 0 fully saturated rings. The van der Waals surface area contributed by atoms with Crippen molar-refractivity contribution < 1.29 is 0 Å². The Hall–Kier alpha value is -0.0400. The Morgan fingerprint density at radius 2 is 1.08 bits per heavy atom. The van der Waals surface area contributed by atoms with Gasteiger partial charge in [0, 0.05) is 11.1 Å². The van der Waals surface area contributed by atoms with Gasteiger partial charge >= 0.3 is 0 Å². The minimum Gasteiger partial charge on any atom is -0.293 e. The monoisotopic (exact) mass is 185 g/mol. The molecule has 0 radical (unpaired) electrons. The first kappa shape index (κ1) is 13.0. The minimum atomic E-state index is 0.328. The molecule has 0 spiro atoms. The topological polar surface area (TPSA) is 3.24 Å².